The molecule has 2 N–H and O–H groups in total. The number of aromatic nitrogens is 2. The Labute approximate surface area is 214 Å². The molecule has 0 fully saturated rings. The normalized spacial score (nSPS) is 17.2. The second kappa shape index (κ2) is 7.96. The van der Waals surface area contributed by atoms with Gasteiger partial charge in [0, 0.05) is 27.8 Å². The van der Waals surface area contributed by atoms with Crippen molar-refractivity contribution in [3.63, 3.8) is 0 Å². The van der Waals surface area contributed by atoms with Gasteiger partial charge in [0.2, 0.25) is 5.91 Å². The number of nitrogens with one attached hydrogen (secondary N) is 2. The molecule has 182 valence electrons. The Hall–Kier alpha value is -4.58. The fourth-order valence-electron chi connectivity index (χ4n) is 6.04. The number of ether oxygens (including phenoxy) is 1. The van der Waals surface area contributed by atoms with Gasteiger partial charge >= 0.3 is 0 Å². The predicted octanol–water partition coefficient (Wildman–Crippen LogP) is 6.33. The molecular weight excluding hydrogens is 460 g/mol. The Morgan fingerprint density at radius 2 is 1.73 bits per heavy atom. The van der Waals surface area contributed by atoms with Crippen LogP contribution in [0.1, 0.15) is 35.7 Å². The van der Waals surface area contributed by atoms with Gasteiger partial charge < -0.3 is 15.4 Å². The van der Waals surface area contributed by atoms with E-state index in [0.29, 0.717) is 5.75 Å². The number of rotatable bonds is 4. The zero-order valence-electron chi connectivity index (χ0n) is 20.7. The van der Waals surface area contributed by atoms with Crippen LogP contribution >= 0.6 is 0 Å². The van der Waals surface area contributed by atoms with E-state index in [1.165, 1.54) is 0 Å². The van der Waals surface area contributed by atoms with E-state index in [0.717, 1.165) is 68.9 Å². The minimum absolute atomic E-state index is 0.0694. The van der Waals surface area contributed by atoms with Gasteiger partial charge in [-0.05, 0) is 42.1 Å². The maximum absolute atomic E-state index is 14.4. The lowest BCUT2D eigenvalue weighted by Crippen LogP contribution is -2.41. The molecule has 2 aliphatic heterocycles. The number of carbonyl (C=O) groups is 1. The molecule has 37 heavy (non-hydrogen) atoms. The molecule has 0 saturated carbocycles. The molecule has 7 rings (SSSR count). The number of carbonyl (C=O) groups excluding carboxylic acids is 1. The van der Waals surface area contributed by atoms with Crippen molar-refractivity contribution >= 4 is 33.9 Å². The van der Waals surface area contributed by atoms with E-state index in [1.807, 2.05) is 65.3 Å². The van der Waals surface area contributed by atoms with Crippen LogP contribution in [-0.4, -0.2) is 22.8 Å². The summed E-state index contributed by atoms with van der Waals surface area (Å²) in [5.41, 5.74) is 5.24. The summed E-state index contributed by atoms with van der Waals surface area (Å²) >= 11 is 0. The van der Waals surface area contributed by atoms with Crippen LogP contribution in [0, 0.1) is 0 Å². The summed E-state index contributed by atoms with van der Waals surface area (Å²) in [7, 11) is 1.66. The Balaban J connectivity index is 1.65. The van der Waals surface area contributed by atoms with E-state index in [1.54, 1.807) is 7.11 Å². The fraction of sp³-hybridized carbons (Fsp3) is 0.161. The van der Waals surface area contributed by atoms with E-state index >= 15 is 0 Å². The van der Waals surface area contributed by atoms with Gasteiger partial charge in [-0.2, -0.15) is 5.10 Å². The number of hydrogen-bond acceptors (Lipinski definition) is 4. The highest BCUT2D eigenvalue weighted by Gasteiger charge is 2.56. The van der Waals surface area contributed by atoms with Crippen LogP contribution < -0.4 is 15.4 Å². The molecule has 0 aliphatic carbocycles. The van der Waals surface area contributed by atoms with Crippen LogP contribution in [0.3, 0.4) is 0 Å². The van der Waals surface area contributed by atoms with Gasteiger partial charge in [0.15, 0.2) is 0 Å². The van der Waals surface area contributed by atoms with E-state index in [9.17, 15) is 4.79 Å². The van der Waals surface area contributed by atoms with Crippen LogP contribution in [-0.2, 0) is 16.6 Å². The molecule has 1 atom stereocenters. The third-order valence-electron chi connectivity index (χ3n) is 7.62. The average molecular weight is 487 g/mol. The number of nitrogens with zero attached hydrogens (tertiary/aromatic N) is 2. The number of methoxy groups -OCH3 is 1. The zero-order valence-corrected chi connectivity index (χ0v) is 20.7. The highest BCUT2D eigenvalue weighted by molar-refractivity contribution is 6.16. The Morgan fingerprint density at radius 3 is 2.54 bits per heavy atom. The number of amides is 1. The van der Waals surface area contributed by atoms with Gasteiger partial charge in [0.05, 0.1) is 24.2 Å². The molecule has 3 heterocycles. The standard InChI is InChI=1S/C31H26N4O2/c1-3-9-26-27-29(35(34-26)20-11-5-4-6-12-20)33-28-22-13-8-7-10-19(22)14-16-23(28)31(27)24-18-21(37-2)15-17-25(24)32-30(31)36/h4-8,10-18,33H,3,9H2,1-2H3,(H,32,36). The first-order chi connectivity index (χ1) is 18.2. The molecule has 0 radical (unpaired) electrons. The van der Waals surface area contributed by atoms with Crippen molar-refractivity contribution in [2.75, 3.05) is 17.7 Å². The summed E-state index contributed by atoms with van der Waals surface area (Å²) in [5.74, 6) is 1.47. The van der Waals surface area contributed by atoms with Gasteiger partial charge in [-0.15, -0.1) is 0 Å². The molecule has 1 spiro atoms. The van der Waals surface area contributed by atoms with E-state index in [-0.39, 0.29) is 5.91 Å². The number of aryl methyl sites for hydroxylation is 1. The van der Waals surface area contributed by atoms with Crippen molar-refractivity contribution in [3.8, 4) is 11.4 Å². The molecule has 6 heteroatoms. The van der Waals surface area contributed by atoms with Crippen LogP contribution in [0.5, 0.6) is 5.75 Å². The minimum atomic E-state index is -1.07. The number of para-hydroxylation sites is 1. The summed E-state index contributed by atoms with van der Waals surface area (Å²) in [5, 5.41) is 14.2. The number of benzene rings is 4. The zero-order chi connectivity index (χ0) is 25.1. The molecular formula is C31H26N4O2. The molecule has 2 aliphatic rings. The number of hydrogen-bond donors (Lipinski definition) is 2. The molecule has 0 saturated heterocycles. The second-order valence-corrected chi connectivity index (χ2v) is 9.62. The minimum Gasteiger partial charge on any atom is -0.497 e. The average Bonchev–Trinajstić information content (AvgIpc) is 3.44. The lowest BCUT2D eigenvalue weighted by Gasteiger charge is -2.36. The third kappa shape index (κ3) is 2.87. The SMILES string of the molecule is CCCc1nn(-c2ccccc2)c2c1C1(C(=O)Nc3ccc(OC)cc31)c1ccc3ccccc3c1N2. The summed E-state index contributed by atoms with van der Waals surface area (Å²) in [6.07, 6.45) is 1.66. The molecule has 0 bridgehead atoms. The van der Waals surface area contributed by atoms with Gasteiger partial charge in [-0.1, -0.05) is 67.9 Å². The molecule has 6 nitrogen and oxygen atoms in total. The Morgan fingerprint density at radius 1 is 0.919 bits per heavy atom. The maximum atomic E-state index is 14.4. The smallest absolute Gasteiger partial charge is 0.244 e. The van der Waals surface area contributed by atoms with Gasteiger partial charge in [-0.3, -0.25) is 4.79 Å². The van der Waals surface area contributed by atoms with Crippen molar-refractivity contribution in [1.82, 2.24) is 9.78 Å². The summed E-state index contributed by atoms with van der Waals surface area (Å²) < 4.78 is 7.59. The molecule has 1 aromatic heterocycles. The quantitative estimate of drug-likeness (QED) is 0.311. The van der Waals surface area contributed by atoms with Gasteiger partial charge in [-0.25, -0.2) is 4.68 Å². The van der Waals surface area contributed by atoms with Crippen LogP contribution in [0.15, 0.2) is 84.9 Å². The highest BCUT2D eigenvalue weighted by Crippen LogP contribution is 2.58. The molecule has 1 unspecified atom stereocenters. The first kappa shape index (κ1) is 21.7. The summed E-state index contributed by atoms with van der Waals surface area (Å²) in [6, 6.07) is 28.4. The lowest BCUT2D eigenvalue weighted by atomic mass is 9.67. The summed E-state index contributed by atoms with van der Waals surface area (Å²) in [6.45, 7) is 2.14. The van der Waals surface area contributed by atoms with Crippen LogP contribution in [0.4, 0.5) is 17.2 Å². The molecule has 4 aromatic carbocycles. The largest absolute Gasteiger partial charge is 0.497 e. The van der Waals surface area contributed by atoms with Crippen molar-refractivity contribution < 1.29 is 9.53 Å². The number of fused-ring (bicyclic) bond motifs is 8. The van der Waals surface area contributed by atoms with E-state index in [4.69, 9.17) is 9.84 Å². The first-order valence-corrected chi connectivity index (χ1v) is 12.6. The highest BCUT2D eigenvalue weighted by atomic mass is 16.5. The monoisotopic (exact) mass is 486 g/mol. The van der Waals surface area contributed by atoms with E-state index in [2.05, 4.69) is 41.8 Å². The fourth-order valence-corrected chi connectivity index (χ4v) is 6.04. The summed E-state index contributed by atoms with van der Waals surface area (Å²) in [4.78, 5) is 14.4. The van der Waals surface area contributed by atoms with Crippen LogP contribution in [0.25, 0.3) is 16.5 Å². The van der Waals surface area contributed by atoms with Crippen molar-refractivity contribution in [2.45, 2.75) is 25.2 Å². The Bertz CT molecular complexity index is 1710. The van der Waals surface area contributed by atoms with Crippen molar-refractivity contribution in [3.05, 3.63) is 107 Å². The van der Waals surface area contributed by atoms with E-state index < -0.39 is 5.41 Å². The van der Waals surface area contributed by atoms with Crippen LogP contribution in [0.2, 0.25) is 0 Å². The van der Waals surface area contributed by atoms with Crippen molar-refractivity contribution in [1.29, 1.82) is 0 Å². The second-order valence-electron chi connectivity index (χ2n) is 9.62. The van der Waals surface area contributed by atoms with Gasteiger partial charge in [0.25, 0.3) is 0 Å². The molecule has 5 aromatic rings. The third-order valence-corrected chi connectivity index (χ3v) is 7.62. The topological polar surface area (TPSA) is 68.2 Å². The Kier molecular flexibility index (Phi) is 4.67. The number of anilines is 3. The molecule has 1 amide bonds. The van der Waals surface area contributed by atoms with Gasteiger partial charge in [0.1, 0.15) is 17.0 Å². The predicted molar refractivity (Wildman–Crippen MR) is 146 cm³/mol. The van der Waals surface area contributed by atoms with Crippen molar-refractivity contribution in [2.24, 2.45) is 0 Å². The first-order valence-electron chi connectivity index (χ1n) is 12.6. The maximum Gasteiger partial charge on any atom is 0.244 e. The lowest BCUT2D eigenvalue weighted by molar-refractivity contribution is -0.118.